The number of carbonyl (C=O) groups is 1. The summed E-state index contributed by atoms with van der Waals surface area (Å²) in [6.07, 6.45) is 8.68. The Labute approximate surface area is 127 Å². The van der Waals surface area contributed by atoms with Crippen molar-refractivity contribution in [3.8, 4) is 0 Å². The molecule has 1 aliphatic carbocycles. The number of benzene rings is 1. The van der Waals surface area contributed by atoms with E-state index in [4.69, 9.17) is 0 Å². The van der Waals surface area contributed by atoms with Gasteiger partial charge in [-0.1, -0.05) is 43.9 Å². The normalized spacial score (nSPS) is 23.8. The van der Waals surface area contributed by atoms with Crippen molar-refractivity contribution in [2.75, 3.05) is 5.32 Å². The zero-order valence-electron chi connectivity index (χ0n) is 12.9. The molecule has 114 valence electrons. The lowest BCUT2D eigenvalue weighted by atomic mass is 9.93. The fourth-order valence-corrected chi connectivity index (χ4v) is 3.71. The van der Waals surface area contributed by atoms with Crippen molar-refractivity contribution in [1.82, 2.24) is 5.32 Å². The van der Waals surface area contributed by atoms with Gasteiger partial charge in [-0.15, -0.1) is 0 Å². The van der Waals surface area contributed by atoms with E-state index in [-0.39, 0.29) is 11.9 Å². The molecule has 0 bridgehead atoms. The van der Waals surface area contributed by atoms with E-state index in [0.29, 0.717) is 12.0 Å². The first-order valence-electron chi connectivity index (χ1n) is 8.39. The van der Waals surface area contributed by atoms with Crippen LogP contribution in [0.1, 0.15) is 51.0 Å². The molecule has 1 aromatic rings. The van der Waals surface area contributed by atoms with Gasteiger partial charge in [0.15, 0.2) is 0 Å². The molecule has 0 spiro atoms. The molecule has 1 heterocycles. The second-order valence-corrected chi connectivity index (χ2v) is 6.61. The van der Waals surface area contributed by atoms with Gasteiger partial charge in [-0.25, -0.2) is 0 Å². The van der Waals surface area contributed by atoms with Crippen molar-refractivity contribution in [3.05, 3.63) is 29.8 Å². The van der Waals surface area contributed by atoms with E-state index in [9.17, 15) is 4.79 Å². The van der Waals surface area contributed by atoms with Gasteiger partial charge in [-0.2, -0.15) is 0 Å². The number of anilines is 1. The van der Waals surface area contributed by atoms with Crippen LogP contribution in [-0.2, 0) is 11.2 Å². The fourth-order valence-electron chi connectivity index (χ4n) is 3.71. The first-order valence-corrected chi connectivity index (χ1v) is 8.39. The molecule has 0 radical (unpaired) electrons. The molecule has 0 aromatic heterocycles. The van der Waals surface area contributed by atoms with Gasteiger partial charge in [0.25, 0.3) is 0 Å². The lowest BCUT2D eigenvalue weighted by Gasteiger charge is -2.25. The molecule has 0 saturated heterocycles. The van der Waals surface area contributed by atoms with Crippen LogP contribution >= 0.6 is 0 Å². The summed E-state index contributed by atoms with van der Waals surface area (Å²) in [5.41, 5.74) is 2.36. The average Bonchev–Trinajstić information content (AvgIpc) is 2.73. The Morgan fingerprint density at radius 3 is 2.62 bits per heavy atom. The number of carbonyl (C=O) groups excluding carboxylic acids is 1. The molecule has 2 atom stereocenters. The summed E-state index contributed by atoms with van der Waals surface area (Å²) in [5, 5.41) is 6.60. The summed E-state index contributed by atoms with van der Waals surface area (Å²) >= 11 is 0. The summed E-state index contributed by atoms with van der Waals surface area (Å²) in [6.45, 7) is 2.18. The SMILES string of the molecule is C[C@H](NC(=O)[C@@H]1Cc2ccccc2N1)C1CCCCCC1. The summed E-state index contributed by atoms with van der Waals surface area (Å²) in [6, 6.07) is 8.40. The van der Waals surface area contributed by atoms with Gasteiger partial charge >= 0.3 is 0 Å². The third-order valence-corrected chi connectivity index (χ3v) is 5.06. The number of para-hydroxylation sites is 1. The first kappa shape index (κ1) is 14.4. The van der Waals surface area contributed by atoms with Crippen LogP contribution in [0.25, 0.3) is 0 Å². The maximum Gasteiger partial charge on any atom is 0.243 e. The lowest BCUT2D eigenvalue weighted by Crippen LogP contribution is -2.45. The Morgan fingerprint density at radius 1 is 1.19 bits per heavy atom. The molecule has 1 aliphatic heterocycles. The number of amides is 1. The Bertz CT molecular complexity index is 467. The molecule has 1 saturated carbocycles. The van der Waals surface area contributed by atoms with Gasteiger partial charge in [-0.05, 0) is 37.3 Å². The minimum Gasteiger partial charge on any atom is -0.373 e. The molecule has 3 heteroatoms. The minimum atomic E-state index is -0.101. The summed E-state index contributed by atoms with van der Waals surface area (Å²) in [4.78, 5) is 12.5. The van der Waals surface area contributed by atoms with Gasteiger partial charge < -0.3 is 10.6 Å². The van der Waals surface area contributed by atoms with Crippen molar-refractivity contribution < 1.29 is 4.79 Å². The zero-order chi connectivity index (χ0) is 14.7. The predicted molar refractivity (Wildman–Crippen MR) is 86.4 cm³/mol. The van der Waals surface area contributed by atoms with Gasteiger partial charge in [0.2, 0.25) is 5.91 Å². The highest BCUT2D eigenvalue weighted by Crippen LogP contribution is 2.27. The highest BCUT2D eigenvalue weighted by atomic mass is 16.2. The average molecular weight is 286 g/mol. The largest absolute Gasteiger partial charge is 0.373 e. The Hall–Kier alpha value is -1.51. The van der Waals surface area contributed by atoms with Crippen molar-refractivity contribution in [2.24, 2.45) is 5.92 Å². The smallest absolute Gasteiger partial charge is 0.243 e. The van der Waals surface area contributed by atoms with E-state index in [1.54, 1.807) is 0 Å². The number of hydrogen-bond donors (Lipinski definition) is 2. The lowest BCUT2D eigenvalue weighted by molar-refractivity contribution is -0.122. The molecular weight excluding hydrogens is 260 g/mol. The quantitative estimate of drug-likeness (QED) is 0.835. The summed E-state index contributed by atoms with van der Waals surface area (Å²) in [5.74, 6) is 0.808. The molecule has 0 unspecified atom stereocenters. The summed E-state index contributed by atoms with van der Waals surface area (Å²) in [7, 11) is 0. The second-order valence-electron chi connectivity index (χ2n) is 6.61. The maximum absolute atomic E-state index is 12.5. The van der Waals surface area contributed by atoms with E-state index in [0.717, 1.165) is 12.1 Å². The monoisotopic (exact) mass is 286 g/mol. The third kappa shape index (κ3) is 3.39. The van der Waals surface area contributed by atoms with Gasteiger partial charge in [0.05, 0.1) is 0 Å². The highest BCUT2D eigenvalue weighted by molar-refractivity contribution is 5.87. The van der Waals surface area contributed by atoms with Crippen LogP contribution in [-0.4, -0.2) is 18.0 Å². The molecule has 1 amide bonds. The van der Waals surface area contributed by atoms with Crippen LogP contribution in [0.2, 0.25) is 0 Å². The Morgan fingerprint density at radius 2 is 1.90 bits per heavy atom. The van der Waals surface area contributed by atoms with Gasteiger partial charge in [0, 0.05) is 18.2 Å². The molecular formula is C18H26N2O. The van der Waals surface area contributed by atoms with Crippen LogP contribution < -0.4 is 10.6 Å². The fraction of sp³-hybridized carbons (Fsp3) is 0.611. The molecule has 2 N–H and O–H groups in total. The van der Waals surface area contributed by atoms with E-state index in [2.05, 4.69) is 29.7 Å². The standard InChI is InChI=1S/C18H26N2O/c1-13(14-8-4-2-3-5-9-14)19-18(21)17-12-15-10-6-7-11-16(15)20-17/h6-7,10-11,13-14,17,20H,2-5,8-9,12H2,1H3,(H,19,21)/t13-,17-/m0/s1. The Balaban J connectivity index is 1.55. The molecule has 3 nitrogen and oxygen atoms in total. The van der Waals surface area contributed by atoms with Crippen LogP contribution in [0.15, 0.2) is 24.3 Å². The molecule has 2 aliphatic rings. The van der Waals surface area contributed by atoms with Crippen molar-refractivity contribution >= 4 is 11.6 Å². The molecule has 1 fully saturated rings. The highest BCUT2D eigenvalue weighted by Gasteiger charge is 2.28. The van der Waals surface area contributed by atoms with Gasteiger partial charge in [0.1, 0.15) is 6.04 Å². The second kappa shape index (κ2) is 6.50. The van der Waals surface area contributed by atoms with Gasteiger partial charge in [-0.3, -0.25) is 4.79 Å². The maximum atomic E-state index is 12.5. The van der Waals surface area contributed by atoms with Crippen LogP contribution in [0.5, 0.6) is 0 Å². The number of rotatable bonds is 3. The van der Waals surface area contributed by atoms with Crippen LogP contribution in [0.3, 0.4) is 0 Å². The Kier molecular flexibility index (Phi) is 4.47. The topological polar surface area (TPSA) is 41.1 Å². The number of fused-ring (bicyclic) bond motifs is 1. The minimum absolute atomic E-state index is 0.101. The molecule has 3 rings (SSSR count). The van der Waals surface area contributed by atoms with E-state index in [1.165, 1.54) is 44.1 Å². The predicted octanol–water partition coefficient (Wildman–Crippen LogP) is 3.50. The molecule has 1 aromatic carbocycles. The summed E-state index contributed by atoms with van der Waals surface area (Å²) < 4.78 is 0. The number of hydrogen-bond acceptors (Lipinski definition) is 2. The van der Waals surface area contributed by atoms with Crippen LogP contribution in [0.4, 0.5) is 5.69 Å². The van der Waals surface area contributed by atoms with Crippen LogP contribution in [0, 0.1) is 5.92 Å². The third-order valence-electron chi connectivity index (χ3n) is 5.06. The van der Waals surface area contributed by atoms with Crippen molar-refractivity contribution in [3.63, 3.8) is 0 Å². The zero-order valence-corrected chi connectivity index (χ0v) is 12.9. The molecule has 21 heavy (non-hydrogen) atoms. The van der Waals surface area contributed by atoms with Crippen molar-refractivity contribution in [1.29, 1.82) is 0 Å². The van der Waals surface area contributed by atoms with E-state index < -0.39 is 0 Å². The number of nitrogens with one attached hydrogen (secondary N) is 2. The van der Waals surface area contributed by atoms with Crippen molar-refractivity contribution in [2.45, 2.75) is 64.0 Å². The van der Waals surface area contributed by atoms with E-state index in [1.807, 2.05) is 12.1 Å². The first-order chi connectivity index (χ1) is 10.2. The van der Waals surface area contributed by atoms with E-state index >= 15 is 0 Å².